The molecule has 2 aromatic carbocycles. The summed E-state index contributed by atoms with van der Waals surface area (Å²) in [7, 11) is 0. The van der Waals surface area contributed by atoms with Gasteiger partial charge in [0.25, 0.3) is 6.43 Å². The second-order valence-electron chi connectivity index (χ2n) is 12.9. The Labute approximate surface area is 292 Å². The summed E-state index contributed by atoms with van der Waals surface area (Å²) in [6.45, 7) is 8.97. The Morgan fingerprint density at radius 2 is 1.74 bits per heavy atom. The van der Waals surface area contributed by atoms with E-state index >= 15 is 17.6 Å². The van der Waals surface area contributed by atoms with Crippen molar-refractivity contribution in [2.75, 3.05) is 63.0 Å². The molecule has 0 unspecified atom stereocenters. The van der Waals surface area contributed by atoms with Crippen molar-refractivity contribution in [3.05, 3.63) is 63.6 Å². The molecule has 0 bridgehead atoms. The molecular formula is C33H34ClF7N6O2S. The highest BCUT2D eigenvalue weighted by molar-refractivity contribution is 7.99. The molecule has 3 atom stereocenters. The third kappa shape index (κ3) is 6.83. The van der Waals surface area contributed by atoms with E-state index in [0.29, 0.717) is 32.2 Å². The van der Waals surface area contributed by atoms with Crippen molar-refractivity contribution in [2.24, 2.45) is 0 Å². The number of benzene rings is 2. The molecule has 2 fully saturated rings. The number of alkyl halides is 5. The summed E-state index contributed by atoms with van der Waals surface area (Å²) < 4.78 is 102. The number of thioether (sulfide) groups is 1. The summed E-state index contributed by atoms with van der Waals surface area (Å²) >= 11 is 6.99. The van der Waals surface area contributed by atoms with Crippen LogP contribution in [0.4, 0.5) is 36.6 Å². The molecule has 1 aromatic heterocycles. The van der Waals surface area contributed by atoms with Gasteiger partial charge in [-0.05, 0) is 32.1 Å². The summed E-state index contributed by atoms with van der Waals surface area (Å²) in [5.74, 6) is -2.61. The molecule has 0 aliphatic carbocycles. The standard InChI is InChI=1S/C33H34ClF7N6O2S/c1-4-27(48)45-12-18(3)46(13-17(45)2)31-21-9-22(33(39,40)41)28(20-10-23(34)25(36)11-24(20)35)30-29(21)47(32(49)42-31)19(16-50-30)14-43-5-7-44(8-6-43)15-26(37)38/h4,9-11,17-19,26H,1,5-8,12-16H2,2-3H3/t17-,18+,19+/m1/s1. The smallest absolute Gasteiger partial charge is 0.349 e. The first kappa shape index (κ1) is 36.5. The van der Waals surface area contributed by atoms with Crippen LogP contribution in [-0.2, 0) is 11.0 Å². The van der Waals surface area contributed by atoms with Crippen molar-refractivity contribution in [1.82, 2.24) is 24.3 Å². The van der Waals surface area contributed by atoms with E-state index in [9.17, 15) is 22.8 Å². The van der Waals surface area contributed by atoms with E-state index in [1.807, 2.05) is 4.90 Å². The molecule has 4 heterocycles. The molecule has 1 amide bonds. The van der Waals surface area contributed by atoms with Crippen molar-refractivity contribution in [3.63, 3.8) is 0 Å². The summed E-state index contributed by atoms with van der Waals surface area (Å²) in [5.41, 5.74) is -2.97. The van der Waals surface area contributed by atoms with Gasteiger partial charge >= 0.3 is 11.9 Å². The third-order valence-electron chi connectivity index (χ3n) is 9.56. The fraction of sp³-hybridized carbons (Fsp3) is 0.485. The van der Waals surface area contributed by atoms with Gasteiger partial charge in [0, 0.05) is 91.1 Å². The van der Waals surface area contributed by atoms with Crippen LogP contribution in [0.15, 0.2) is 40.5 Å². The minimum absolute atomic E-state index is 0.00536. The van der Waals surface area contributed by atoms with Crippen LogP contribution in [0, 0.1) is 11.6 Å². The molecular weight excluding hydrogens is 713 g/mol. The Bertz CT molecular complexity index is 1880. The first-order valence-corrected chi connectivity index (χ1v) is 17.4. The van der Waals surface area contributed by atoms with E-state index in [-0.39, 0.29) is 59.5 Å². The summed E-state index contributed by atoms with van der Waals surface area (Å²) in [5, 5.41) is -0.570. The minimum Gasteiger partial charge on any atom is -0.349 e. The van der Waals surface area contributed by atoms with Gasteiger partial charge in [0.1, 0.15) is 17.5 Å². The van der Waals surface area contributed by atoms with Gasteiger partial charge in [0.15, 0.2) is 0 Å². The van der Waals surface area contributed by atoms with Crippen LogP contribution in [-0.4, -0.2) is 107 Å². The number of hydrogen-bond acceptors (Lipinski definition) is 7. The lowest BCUT2D eigenvalue weighted by Gasteiger charge is -2.45. The quantitative estimate of drug-likeness (QED) is 0.163. The Morgan fingerprint density at radius 3 is 2.38 bits per heavy atom. The Hall–Kier alpha value is -3.34. The Morgan fingerprint density at radius 1 is 1.06 bits per heavy atom. The number of aromatic nitrogens is 2. The maximum Gasteiger partial charge on any atom is 0.417 e. The van der Waals surface area contributed by atoms with Crippen molar-refractivity contribution in [2.45, 2.75) is 49.5 Å². The normalized spacial score (nSPS) is 22.1. The zero-order valence-electron chi connectivity index (χ0n) is 27.1. The van der Waals surface area contributed by atoms with Crippen LogP contribution in [0.1, 0.15) is 25.5 Å². The second kappa shape index (κ2) is 14.0. The highest BCUT2D eigenvalue weighted by atomic mass is 35.5. The van der Waals surface area contributed by atoms with E-state index in [1.165, 1.54) is 10.6 Å². The lowest BCUT2D eigenvalue weighted by molar-refractivity contribution is -0.137. The van der Waals surface area contributed by atoms with Crippen LogP contribution in [0.25, 0.3) is 22.0 Å². The fourth-order valence-electron chi connectivity index (χ4n) is 7.14. The highest BCUT2D eigenvalue weighted by Crippen LogP contribution is 2.51. The number of carbonyl (C=O) groups excluding carboxylic acids is 1. The zero-order valence-corrected chi connectivity index (χ0v) is 28.7. The van der Waals surface area contributed by atoms with Gasteiger partial charge in [-0.2, -0.15) is 18.2 Å². The number of rotatable bonds is 7. The molecule has 0 radical (unpaired) electrons. The molecule has 3 aromatic rings. The molecule has 270 valence electrons. The maximum absolute atomic E-state index is 15.4. The number of halogens is 8. The van der Waals surface area contributed by atoms with E-state index in [4.69, 9.17) is 11.6 Å². The molecule has 8 nitrogen and oxygen atoms in total. The topological polar surface area (TPSA) is 64.9 Å². The average Bonchev–Trinajstić information content (AvgIpc) is 3.05. The lowest BCUT2D eigenvalue weighted by atomic mass is 9.95. The third-order valence-corrected chi connectivity index (χ3v) is 11.1. The van der Waals surface area contributed by atoms with E-state index < -0.39 is 69.8 Å². The van der Waals surface area contributed by atoms with Crippen molar-refractivity contribution < 1.29 is 35.5 Å². The summed E-state index contributed by atoms with van der Waals surface area (Å²) in [4.78, 5) is 37.9. The van der Waals surface area contributed by atoms with Crippen LogP contribution >= 0.6 is 23.4 Å². The van der Waals surface area contributed by atoms with Gasteiger partial charge in [-0.15, -0.1) is 11.8 Å². The Kier molecular flexibility index (Phi) is 10.2. The molecule has 3 aliphatic heterocycles. The molecule has 50 heavy (non-hydrogen) atoms. The van der Waals surface area contributed by atoms with Gasteiger partial charge in [-0.3, -0.25) is 19.2 Å². The number of hydrogen-bond donors (Lipinski definition) is 0. The number of nitrogens with zero attached hydrogens (tertiary/aromatic N) is 6. The van der Waals surface area contributed by atoms with Crippen LogP contribution in [0.2, 0.25) is 5.02 Å². The monoisotopic (exact) mass is 746 g/mol. The molecule has 6 rings (SSSR count). The van der Waals surface area contributed by atoms with Crippen LogP contribution < -0.4 is 10.6 Å². The predicted molar refractivity (Wildman–Crippen MR) is 178 cm³/mol. The first-order valence-electron chi connectivity index (χ1n) is 16.0. The molecule has 2 saturated heterocycles. The molecule has 3 aliphatic rings. The van der Waals surface area contributed by atoms with Gasteiger partial charge in [-0.1, -0.05) is 18.2 Å². The summed E-state index contributed by atoms with van der Waals surface area (Å²) in [6, 6.07) is 0.628. The SMILES string of the molecule is C=CC(=O)N1C[C@H](C)N(c2nc(=O)n3c4c(c(-c5cc(Cl)c(F)cc5F)c(C(F)(F)F)cc24)SC[C@@H]3CN2CCN(CC(F)F)CC2)C[C@H]1C. The highest BCUT2D eigenvalue weighted by Gasteiger charge is 2.41. The van der Waals surface area contributed by atoms with Gasteiger partial charge < -0.3 is 9.80 Å². The van der Waals surface area contributed by atoms with Crippen LogP contribution in [0.3, 0.4) is 0 Å². The zero-order chi connectivity index (χ0) is 36.2. The number of amides is 1. The molecule has 0 saturated carbocycles. The van der Waals surface area contributed by atoms with E-state index in [1.54, 1.807) is 28.5 Å². The Balaban J connectivity index is 1.55. The lowest BCUT2D eigenvalue weighted by Crippen LogP contribution is -2.58. The maximum atomic E-state index is 15.4. The number of piperazine rings is 2. The average molecular weight is 747 g/mol. The van der Waals surface area contributed by atoms with E-state index in [0.717, 1.165) is 23.9 Å². The molecule has 17 heteroatoms. The number of anilines is 1. The van der Waals surface area contributed by atoms with Crippen molar-refractivity contribution >= 4 is 46.0 Å². The fourth-order valence-corrected chi connectivity index (χ4v) is 8.63. The summed E-state index contributed by atoms with van der Waals surface area (Å²) in [6.07, 6.45) is -6.31. The molecule has 0 N–H and O–H groups in total. The minimum atomic E-state index is -5.02. The second-order valence-corrected chi connectivity index (χ2v) is 14.3. The largest absolute Gasteiger partial charge is 0.417 e. The van der Waals surface area contributed by atoms with Crippen molar-refractivity contribution in [3.8, 4) is 11.1 Å². The van der Waals surface area contributed by atoms with E-state index in [2.05, 4.69) is 11.6 Å². The van der Waals surface area contributed by atoms with Gasteiger partial charge in [0.05, 0.1) is 28.7 Å². The van der Waals surface area contributed by atoms with Gasteiger partial charge in [-0.25, -0.2) is 22.4 Å². The predicted octanol–water partition coefficient (Wildman–Crippen LogP) is 6.16. The van der Waals surface area contributed by atoms with Crippen molar-refractivity contribution in [1.29, 1.82) is 0 Å². The molecule has 0 spiro atoms. The first-order chi connectivity index (χ1) is 23.6. The number of carbonyl (C=O) groups is 1. The van der Waals surface area contributed by atoms with Gasteiger partial charge in [0.2, 0.25) is 5.91 Å². The van der Waals surface area contributed by atoms with Crippen LogP contribution in [0.5, 0.6) is 0 Å².